The summed E-state index contributed by atoms with van der Waals surface area (Å²) in [6.45, 7) is 0. The van der Waals surface area contributed by atoms with Crippen molar-refractivity contribution in [1.82, 2.24) is 0 Å². The predicted molar refractivity (Wildman–Crippen MR) is 38.8 cm³/mol. The minimum absolute atomic E-state index is 0.267. The summed E-state index contributed by atoms with van der Waals surface area (Å²) in [6.07, 6.45) is 5.27. The molecular weight excluding hydrogens is 128 g/mol. The van der Waals surface area contributed by atoms with Crippen LogP contribution in [0.4, 0.5) is 0 Å². The summed E-state index contributed by atoms with van der Waals surface area (Å²) in [5, 5.41) is 3.72. The molecule has 2 saturated heterocycles. The Hall–Kier alpha value is -0.570. The third kappa shape index (κ3) is 0.814. The van der Waals surface area contributed by atoms with E-state index in [0.29, 0.717) is 6.10 Å². The van der Waals surface area contributed by atoms with Crippen LogP contribution in [0.2, 0.25) is 0 Å². The molecule has 3 nitrogen and oxygen atoms in total. The lowest BCUT2D eigenvalue weighted by Crippen LogP contribution is -2.28. The number of ether oxygens (including phenoxy) is 1. The molecule has 0 radical (unpaired) electrons. The van der Waals surface area contributed by atoms with Gasteiger partial charge in [0, 0.05) is 0 Å². The standard InChI is InChI=1S/C7H12N2O/c8-9-6-3-1-5-2-4-7(6)10-5/h5,7H,1-4,8H2/b9-6+. The fourth-order valence-corrected chi connectivity index (χ4v) is 1.78. The van der Waals surface area contributed by atoms with Gasteiger partial charge >= 0.3 is 0 Å². The van der Waals surface area contributed by atoms with Crippen molar-refractivity contribution in [2.45, 2.75) is 37.9 Å². The Kier molecular flexibility index (Phi) is 1.38. The lowest BCUT2D eigenvalue weighted by atomic mass is 10.1. The average Bonchev–Trinajstić information content (AvgIpc) is 2.34. The highest BCUT2D eigenvalue weighted by molar-refractivity contribution is 5.89. The van der Waals surface area contributed by atoms with Gasteiger partial charge in [0.1, 0.15) is 0 Å². The van der Waals surface area contributed by atoms with Crippen LogP contribution >= 0.6 is 0 Å². The first-order chi connectivity index (χ1) is 4.90. The molecule has 0 aromatic heterocycles. The second-order valence-electron chi connectivity index (χ2n) is 2.98. The average molecular weight is 140 g/mol. The van der Waals surface area contributed by atoms with Crippen molar-refractivity contribution >= 4 is 5.71 Å². The van der Waals surface area contributed by atoms with Crippen molar-refractivity contribution < 1.29 is 4.74 Å². The van der Waals surface area contributed by atoms with Crippen LogP contribution in [0.15, 0.2) is 5.10 Å². The third-order valence-corrected chi connectivity index (χ3v) is 2.37. The van der Waals surface area contributed by atoms with Crippen molar-refractivity contribution in [3.63, 3.8) is 0 Å². The second kappa shape index (κ2) is 2.23. The molecule has 2 aliphatic rings. The van der Waals surface area contributed by atoms with Crippen LogP contribution in [-0.2, 0) is 4.74 Å². The van der Waals surface area contributed by atoms with E-state index < -0.39 is 0 Å². The molecule has 0 aromatic carbocycles. The van der Waals surface area contributed by atoms with Gasteiger partial charge in [-0.05, 0) is 25.7 Å². The Balaban J connectivity index is 2.14. The van der Waals surface area contributed by atoms with Gasteiger partial charge in [0.15, 0.2) is 0 Å². The summed E-state index contributed by atoms with van der Waals surface area (Å²) in [5.74, 6) is 5.20. The van der Waals surface area contributed by atoms with Crippen molar-refractivity contribution in [3.05, 3.63) is 0 Å². The summed E-state index contributed by atoms with van der Waals surface area (Å²) in [4.78, 5) is 0. The van der Waals surface area contributed by atoms with Gasteiger partial charge in [0.25, 0.3) is 0 Å². The molecule has 2 rings (SSSR count). The zero-order chi connectivity index (χ0) is 6.97. The van der Waals surface area contributed by atoms with Crippen molar-refractivity contribution in [1.29, 1.82) is 0 Å². The fourth-order valence-electron chi connectivity index (χ4n) is 1.78. The van der Waals surface area contributed by atoms with E-state index in [9.17, 15) is 0 Å². The Bertz CT molecular complexity index is 167. The molecule has 2 heterocycles. The Morgan fingerprint density at radius 3 is 3.10 bits per heavy atom. The minimum Gasteiger partial charge on any atom is -0.369 e. The molecule has 2 bridgehead atoms. The first-order valence-electron chi connectivity index (χ1n) is 3.82. The van der Waals surface area contributed by atoms with Gasteiger partial charge in [-0.3, -0.25) is 0 Å². The molecule has 3 heteroatoms. The Morgan fingerprint density at radius 2 is 2.30 bits per heavy atom. The van der Waals surface area contributed by atoms with E-state index in [4.69, 9.17) is 10.6 Å². The molecule has 0 aliphatic carbocycles. The van der Waals surface area contributed by atoms with Gasteiger partial charge < -0.3 is 10.6 Å². The SMILES string of the molecule is N/N=C1\CCC2CCC1O2. The van der Waals surface area contributed by atoms with Crippen LogP contribution in [0.5, 0.6) is 0 Å². The van der Waals surface area contributed by atoms with Crippen molar-refractivity contribution in [2.24, 2.45) is 10.9 Å². The molecule has 0 aromatic rings. The van der Waals surface area contributed by atoms with E-state index in [1.807, 2.05) is 0 Å². The normalized spacial score (nSPS) is 42.6. The van der Waals surface area contributed by atoms with E-state index in [0.717, 1.165) is 25.0 Å². The zero-order valence-corrected chi connectivity index (χ0v) is 5.92. The highest BCUT2D eigenvalue weighted by Gasteiger charge is 2.33. The van der Waals surface area contributed by atoms with E-state index in [1.54, 1.807) is 0 Å². The highest BCUT2D eigenvalue weighted by atomic mass is 16.5. The lowest BCUT2D eigenvalue weighted by molar-refractivity contribution is 0.0612. The predicted octanol–water partition coefficient (Wildman–Crippen LogP) is 0.642. The van der Waals surface area contributed by atoms with E-state index in [2.05, 4.69) is 5.10 Å². The van der Waals surface area contributed by atoms with E-state index >= 15 is 0 Å². The number of rotatable bonds is 0. The quantitative estimate of drug-likeness (QED) is 0.396. The first kappa shape index (κ1) is 6.16. The van der Waals surface area contributed by atoms with Gasteiger partial charge in [0.05, 0.1) is 17.9 Å². The van der Waals surface area contributed by atoms with Gasteiger partial charge in [0.2, 0.25) is 0 Å². The molecule has 56 valence electrons. The topological polar surface area (TPSA) is 47.6 Å². The third-order valence-electron chi connectivity index (χ3n) is 2.37. The van der Waals surface area contributed by atoms with Gasteiger partial charge in [-0.2, -0.15) is 5.10 Å². The Labute approximate surface area is 60.2 Å². The molecule has 0 amide bonds. The number of nitrogens with zero attached hydrogens (tertiary/aromatic N) is 1. The van der Waals surface area contributed by atoms with E-state index in [-0.39, 0.29) is 6.10 Å². The van der Waals surface area contributed by atoms with Crippen LogP contribution in [0.3, 0.4) is 0 Å². The second-order valence-corrected chi connectivity index (χ2v) is 2.98. The maximum atomic E-state index is 5.59. The molecular formula is C7H12N2O. The van der Waals surface area contributed by atoms with Gasteiger partial charge in [-0.15, -0.1) is 0 Å². The maximum absolute atomic E-state index is 5.59. The number of nitrogens with two attached hydrogens (primary N) is 1. The van der Waals surface area contributed by atoms with Crippen molar-refractivity contribution in [2.75, 3.05) is 0 Å². The van der Waals surface area contributed by atoms with Crippen LogP contribution < -0.4 is 5.84 Å². The number of hydrogen-bond acceptors (Lipinski definition) is 3. The molecule has 2 fully saturated rings. The molecule has 0 spiro atoms. The Morgan fingerprint density at radius 1 is 1.40 bits per heavy atom. The van der Waals surface area contributed by atoms with Crippen LogP contribution in [0.25, 0.3) is 0 Å². The fraction of sp³-hybridized carbons (Fsp3) is 0.857. The maximum Gasteiger partial charge on any atom is 0.0977 e. The summed E-state index contributed by atoms with van der Waals surface area (Å²) >= 11 is 0. The lowest BCUT2D eigenvalue weighted by Gasteiger charge is -2.20. The van der Waals surface area contributed by atoms with Crippen molar-refractivity contribution in [3.8, 4) is 0 Å². The molecule has 2 unspecified atom stereocenters. The zero-order valence-electron chi connectivity index (χ0n) is 5.92. The number of hydrazone groups is 1. The summed E-state index contributed by atoms with van der Waals surface area (Å²) < 4.78 is 5.59. The number of fused-ring (bicyclic) bond motifs is 2. The van der Waals surface area contributed by atoms with Gasteiger partial charge in [-0.1, -0.05) is 0 Å². The molecule has 0 saturated carbocycles. The monoisotopic (exact) mass is 140 g/mol. The molecule has 10 heavy (non-hydrogen) atoms. The summed E-state index contributed by atoms with van der Waals surface area (Å²) in [6, 6.07) is 0. The van der Waals surface area contributed by atoms with Crippen LogP contribution in [0, 0.1) is 0 Å². The number of hydrogen-bond donors (Lipinski definition) is 1. The minimum atomic E-state index is 0.267. The van der Waals surface area contributed by atoms with Crippen LogP contribution in [-0.4, -0.2) is 17.9 Å². The van der Waals surface area contributed by atoms with E-state index in [1.165, 1.54) is 6.42 Å². The molecule has 2 aliphatic heterocycles. The first-order valence-corrected chi connectivity index (χ1v) is 3.82. The van der Waals surface area contributed by atoms with Crippen LogP contribution in [0.1, 0.15) is 25.7 Å². The summed E-state index contributed by atoms with van der Waals surface area (Å²) in [7, 11) is 0. The molecule has 2 N–H and O–H groups in total. The largest absolute Gasteiger partial charge is 0.369 e. The van der Waals surface area contributed by atoms with Gasteiger partial charge in [-0.25, -0.2) is 0 Å². The molecule has 2 atom stereocenters. The highest BCUT2D eigenvalue weighted by Crippen LogP contribution is 2.30. The smallest absolute Gasteiger partial charge is 0.0977 e. The summed E-state index contributed by atoms with van der Waals surface area (Å²) in [5.41, 5.74) is 1.06.